The van der Waals surface area contributed by atoms with Crippen LogP contribution in [0.3, 0.4) is 0 Å². The zero-order valence-electron chi connectivity index (χ0n) is 22.0. The summed E-state index contributed by atoms with van der Waals surface area (Å²) in [5.74, 6) is 1.01. The molecule has 3 aliphatic heterocycles. The smallest absolute Gasteiger partial charge is 0.350 e. The number of nitrogens with zero attached hydrogens (tertiary/aromatic N) is 4. The van der Waals surface area contributed by atoms with Gasteiger partial charge in [-0.15, -0.1) is 11.8 Å². The van der Waals surface area contributed by atoms with Crippen molar-refractivity contribution in [2.75, 3.05) is 42.4 Å². The predicted octanol–water partition coefficient (Wildman–Crippen LogP) is 4.74. The van der Waals surface area contributed by atoms with E-state index in [9.17, 15) is 14.0 Å². The van der Waals surface area contributed by atoms with Gasteiger partial charge >= 0.3 is 5.69 Å². The first kappa shape index (κ1) is 27.6. The summed E-state index contributed by atoms with van der Waals surface area (Å²) >= 11 is 9.34. The fourth-order valence-electron chi connectivity index (χ4n) is 6.00. The van der Waals surface area contributed by atoms with Crippen molar-refractivity contribution in [2.24, 2.45) is 0 Å². The van der Waals surface area contributed by atoms with Crippen molar-refractivity contribution in [3.8, 4) is 11.1 Å². The Hall–Kier alpha value is -2.60. The average Bonchev–Trinajstić information content (AvgIpc) is 3.35. The number of piperazine rings is 1. The number of benzene rings is 2. The molecule has 0 N–H and O–H groups in total. The Morgan fingerprint density at radius 1 is 1.18 bits per heavy atom. The maximum Gasteiger partial charge on any atom is 0.350 e. The molecule has 7 nitrogen and oxygen atoms in total. The van der Waals surface area contributed by atoms with Crippen LogP contribution in [0.1, 0.15) is 5.56 Å². The molecular weight excluding hydrogens is 578 g/mol. The second kappa shape index (κ2) is 10.7. The molecule has 0 spiro atoms. The largest absolute Gasteiger partial charge is 0.379 e. The number of hydrogen-bond donors (Lipinski definition) is 0. The van der Waals surface area contributed by atoms with E-state index in [-0.39, 0.29) is 41.2 Å². The van der Waals surface area contributed by atoms with E-state index >= 15 is 4.39 Å². The number of thioether (sulfide) groups is 2. The van der Waals surface area contributed by atoms with E-state index in [2.05, 4.69) is 16.5 Å². The molecule has 0 bridgehead atoms. The monoisotopic (exact) mass is 604 g/mol. The van der Waals surface area contributed by atoms with E-state index in [1.807, 2.05) is 17.9 Å². The van der Waals surface area contributed by atoms with E-state index in [0.29, 0.717) is 40.6 Å². The number of aryl methyl sites for hydroxylation is 1. The minimum atomic E-state index is -0.833. The highest BCUT2D eigenvalue weighted by Gasteiger charge is 2.43. The van der Waals surface area contributed by atoms with Gasteiger partial charge in [0, 0.05) is 64.9 Å². The number of rotatable bonds is 4. The first-order valence-corrected chi connectivity index (χ1v) is 15.4. The minimum absolute atomic E-state index is 0.0186. The summed E-state index contributed by atoms with van der Waals surface area (Å²) in [7, 11) is 1.60. The number of carbonyl (C=O) groups excluding carboxylic acids is 1. The third-order valence-corrected chi connectivity index (χ3v) is 10.6. The zero-order chi connectivity index (χ0) is 28.3. The lowest BCUT2D eigenvalue weighted by molar-refractivity contribution is -0.128. The summed E-state index contributed by atoms with van der Waals surface area (Å²) in [4.78, 5) is 35.6. The minimum Gasteiger partial charge on any atom is -0.379 e. The molecule has 6 rings (SSSR count). The van der Waals surface area contributed by atoms with Gasteiger partial charge in [-0.05, 0) is 30.7 Å². The van der Waals surface area contributed by atoms with Gasteiger partial charge in [0.05, 0.1) is 35.3 Å². The Kier molecular flexibility index (Phi) is 7.35. The average molecular weight is 605 g/mol. The highest BCUT2D eigenvalue weighted by Crippen LogP contribution is 2.45. The van der Waals surface area contributed by atoms with Gasteiger partial charge in [-0.1, -0.05) is 18.2 Å². The Morgan fingerprint density at radius 2 is 1.95 bits per heavy atom. The van der Waals surface area contributed by atoms with E-state index in [0.717, 1.165) is 28.5 Å². The van der Waals surface area contributed by atoms with Gasteiger partial charge in [-0.25, -0.2) is 13.6 Å². The second-order valence-electron chi connectivity index (χ2n) is 10.1. The molecule has 0 aliphatic carbocycles. The number of aromatic nitrogens is 2. The van der Waals surface area contributed by atoms with Gasteiger partial charge in [0.2, 0.25) is 5.91 Å². The molecule has 0 saturated carbocycles. The molecule has 2 saturated heterocycles. The Bertz CT molecular complexity index is 1620. The molecule has 1 amide bonds. The lowest BCUT2D eigenvalue weighted by Crippen LogP contribution is -2.61. The first-order chi connectivity index (χ1) is 19.2. The molecule has 3 aromatic rings. The van der Waals surface area contributed by atoms with Crippen LogP contribution in [-0.2, 0) is 16.1 Å². The molecule has 0 unspecified atom stereocenters. The second-order valence-corrected chi connectivity index (χ2v) is 12.7. The van der Waals surface area contributed by atoms with Gasteiger partial charge in [0.1, 0.15) is 17.5 Å². The van der Waals surface area contributed by atoms with Crippen molar-refractivity contribution in [1.29, 1.82) is 0 Å². The van der Waals surface area contributed by atoms with Crippen LogP contribution in [0.15, 0.2) is 40.5 Å². The van der Waals surface area contributed by atoms with Gasteiger partial charge in [0.25, 0.3) is 0 Å². The zero-order valence-corrected chi connectivity index (χ0v) is 24.3. The number of methoxy groups -OCH3 is 1. The van der Waals surface area contributed by atoms with E-state index in [1.54, 1.807) is 23.4 Å². The van der Waals surface area contributed by atoms with Crippen LogP contribution >= 0.6 is 35.1 Å². The number of carbonyl (C=O) groups is 1. The molecule has 0 radical (unpaired) electrons. The van der Waals surface area contributed by atoms with Gasteiger partial charge in [-0.2, -0.15) is 16.7 Å². The predicted molar refractivity (Wildman–Crippen MR) is 157 cm³/mol. The number of anilines is 1. The van der Waals surface area contributed by atoms with Crippen molar-refractivity contribution >= 4 is 57.8 Å². The number of hydrogen-bond acceptors (Lipinski definition) is 7. The highest BCUT2D eigenvalue weighted by atomic mass is 35.5. The summed E-state index contributed by atoms with van der Waals surface area (Å²) < 4.78 is 36.6. The molecule has 1 aromatic heterocycles. The van der Waals surface area contributed by atoms with Crippen molar-refractivity contribution in [1.82, 2.24) is 14.5 Å². The molecule has 2 fully saturated rings. The lowest BCUT2D eigenvalue weighted by atomic mass is 9.96. The molecule has 3 aliphatic rings. The van der Waals surface area contributed by atoms with Crippen LogP contribution < -0.4 is 10.6 Å². The number of amides is 1. The number of ether oxygens (including phenoxy) is 1. The number of fused-ring (bicyclic) bond motifs is 1. The van der Waals surface area contributed by atoms with Gasteiger partial charge < -0.3 is 14.5 Å². The Balaban J connectivity index is 1.60. The summed E-state index contributed by atoms with van der Waals surface area (Å²) in [6, 6.07) is 3.98. The van der Waals surface area contributed by atoms with Gasteiger partial charge in [-0.3, -0.25) is 9.36 Å². The van der Waals surface area contributed by atoms with Crippen LogP contribution in [-0.4, -0.2) is 76.0 Å². The molecule has 210 valence electrons. The lowest BCUT2D eigenvalue weighted by Gasteiger charge is -2.44. The fourth-order valence-corrected chi connectivity index (χ4v) is 8.96. The van der Waals surface area contributed by atoms with Crippen LogP contribution in [0, 0.1) is 18.6 Å². The van der Waals surface area contributed by atoms with Crippen LogP contribution in [0.5, 0.6) is 0 Å². The standard InChI is InChI=1S/C28H27ClF2N4O3S2/c1-4-23(36)33-5-6-34(22-13-39-12-21(22)33)27-17-7-14(2)24(16-8-18(29)20(31)9-19(16)30)26-25(17)35(28(37)32-27)10-15(38-3)11-40-26/h4,7-9,15,21-22H,1,5-6,10-13H2,2-3H3/t15-,21-,22+/m0/s1. The molecule has 4 heterocycles. The van der Waals surface area contributed by atoms with E-state index in [4.69, 9.17) is 16.3 Å². The van der Waals surface area contributed by atoms with Gasteiger partial charge in [0.15, 0.2) is 0 Å². The Labute approximate surface area is 243 Å². The normalized spacial score (nSPS) is 22.4. The quantitative estimate of drug-likeness (QED) is 0.315. The van der Waals surface area contributed by atoms with Crippen LogP contribution in [0.4, 0.5) is 14.6 Å². The van der Waals surface area contributed by atoms with Crippen LogP contribution in [0.2, 0.25) is 5.02 Å². The topological polar surface area (TPSA) is 67.7 Å². The first-order valence-electron chi connectivity index (χ1n) is 12.9. The molecular formula is C28H27ClF2N4O3S2. The summed E-state index contributed by atoms with van der Waals surface area (Å²) in [5, 5.41) is 0.592. The summed E-state index contributed by atoms with van der Waals surface area (Å²) in [6.45, 7) is 6.82. The molecule has 2 aromatic carbocycles. The number of halogens is 3. The van der Waals surface area contributed by atoms with E-state index < -0.39 is 17.3 Å². The third-order valence-electron chi connectivity index (χ3n) is 7.94. The molecule has 12 heteroatoms. The van der Waals surface area contributed by atoms with Crippen molar-refractivity contribution in [3.63, 3.8) is 0 Å². The molecule has 40 heavy (non-hydrogen) atoms. The highest BCUT2D eigenvalue weighted by molar-refractivity contribution is 7.99. The summed E-state index contributed by atoms with van der Waals surface area (Å²) in [5.41, 5.74) is 1.71. The Morgan fingerprint density at radius 3 is 2.70 bits per heavy atom. The van der Waals surface area contributed by atoms with Crippen molar-refractivity contribution in [3.05, 3.63) is 63.6 Å². The van der Waals surface area contributed by atoms with E-state index in [1.165, 1.54) is 23.9 Å². The maximum absolute atomic E-state index is 15.2. The molecule has 3 atom stereocenters. The maximum atomic E-state index is 15.2. The van der Waals surface area contributed by atoms with Crippen LogP contribution in [0.25, 0.3) is 22.0 Å². The fraction of sp³-hybridized carbons (Fsp3) is 0.393. The third kappa shape index (κ3) is 4.42. The SMILES string of the molecule is C=CC(=O)N1CCN(c2nc(=O)n3c4c(c(-c5cc(Cl)c(F)cc5F)c(C)cc24)SC[C@@H](OC)C3)[C@@H]2CSC[C@@H]21. The van der Waals surface area contributed by atoms with Crippen molar-refractivity contribution < 1.29 is 18.3 Å². The summed E-state index contributed by atoms with van der Waals surface area (Å²) in [6.07, 6.45) is 1.08. The van der Waals surface area contributed by atoms with Crippen molar-refractivity contribution in [2.45, 2.75) is 36.6 Å².